The van der Waals surface area contributed by atoms with Crippen LogP contribution in [0.4, 0.5) is 5.69 Å². The molecule has 19 heavy (non-hydrogen) atoms. The number of aromatic nitrogens is 1. The van der Waals surface area contributed by atoms with E-state index in [4.69, 9.17) is 13.9 Å². The summed E-state index contributed by atoms with van der Waals surface area (Å²) in [6.07, 6.45) is 2.92. The third kappa shape index (κ3) is 2.67. The number of carbonyl (C=O) groups is 1. The number of benzene rings is 1. The highest BCUT2D eigenvalue weighted by atomic mass is 16.6. The zero-order chi connectivity index (χ0) is 13.1. The van der Waals surface area contributed by atoms with E-state index >= 15 is 0 Å². The molecule has 0 unspecified atom stereocenters. The predicted octanol–water partition coefficient (Wildman–Crippen LogP) is 1.63. The van der Waals surface area contributed by atoms with Gasteiger partial charge < -0.3 is 19.2 Å². The lowest BCUT2D eigenvalue weighted by molar-refractivity contribution is -0.115. The van der Waals surface area contributed by atoms with Crippen LogP contribution in [0.15, 0.2) is 35.3 Å². The molecule has 2 heterocycles. The largest absolute Gasteiger partial charge is 0.486 e. The summed E-state index contributed by atoms with van der Waals surface area (Å²) in [6, 6.07) is 5.30. The van der Waals surface area contributed by atoms with Crippen molar-refractivity contribution >= 4 is 11.6 Å². The van der Waals surface area contributed by atoms with Crippen molar-refractivity contribution in [1.82, 2.24) is 4.98 Å². The van der Waals surface area contributed by atoms with E-state index in [0.717, 1.165) is 0 Å². The maximum absolute atomic E-state index is 11.8. The SMILES string of the molecule is O=C(Cc1cocn1)Nc1ccc2c(c1)OCCO2. The third-order valence-electron chi connectivity index (χ3n) is 2.65. The summed E-state index contributed by atoms with van der Waals surface area (Å²) in [5, 5.41) is 2.77. The third-order valence-corrected chi connectivity index (χ3v) is 2.65. The Bertz CT molecular complexity index is 580. The van der Waals surface area contributed by atoms with Crippen LogP contribution in [0.2, 0.25) is 0 Å². The van der Waals surface area contributed by atoms with Crippen LogP contribution >= 0.6 is 0 Å². The lowest BCUT2D eigenvalue weighted by Crippen LogP contribution is -2.17. The number of anilines is 1. The Hall–Kier alpha value is -2.50. The van der Waals surface area contributed by atoms with E-state index in [-0.39, 0.29) is 12.3 Å². The van der Waals surface area contributed by atoms with Crippen LogP contribution in [-0.4, -0.2) is 24.1 Å². The van der Waals surface area contributed by atoms with Gasteiger partial charge in [0.2, 0.25) is 5.91 Å². The smallest absolute Gasteiger partial charge is 0.230 e. The number of ether oxygens (including phenoxy) is 2. The summed E-state index contributed by atoms with van der Waals surface area (Å²) in [5.41, 5.74) is 1.26. The quantitative estimate of drug-likeness (QED) is 0.907. The maximum atomic E-state index is 11.8. The highest BCUT2D eigenvalue weighted by molar-refractivity contribution is 5.92. The molecule has 0 aliphatic carbocycles. The second kappa shape index (κ2) is 5.01. The standard InChI is InChI=1S/C13H12N2O4/c16-13(6-10-7-17-8-14-10)15-9-1-2-11-12(5-9)19-4-3-18-11/h1-2,5,7-8H,3-4,6H2,(H,15,16). The molecular weight excluding hydrogens is 248 g/mol. The van der Waals surface area contributed by atoms with Gasteiger partial charge in [-0.2, -0.15) is 0 Å². The number of hydrogen-bond acceptors (Lipinski definition) is 5. The van der Waals surface area contributed by atoms with Crippen LogP contribution in [-0.2, 0) is 11.2 Å². The Balaban J connectivity index is 1.67. The van der Waals surface area contributed by atoms with Gasteiger partial charge >= 0.3 is 0 Å². The van der Waals surface area contributed by atoms with Crippen molar-refractivity contribution < 1.29 is 18.7 Å². The lowest BCUT2D eigenvalue weighted by atomic mass is 10.2. The molecule has 0 saturated heterocycles. The summed E-state index contributed by atoms with van der Waals surface area (Å²) in [7, 11) is 0. The molecule has 0 fully saturated rings. The average molecular weight is 260 g/mol. The minimum absolute atomic E-state index is 0.162. The van der Waals surface area contributed by atoms with Crippen molar-refractivity contribution in [3.05, 3.63) is 36.5 Å². The molecule has 0 radical (unpaired) electrons. The second-order valence-corrected chi connectivity index (χ2v) is 4.06. The van der Waals surface area contributed by atoms with Crippen molar-refractivity contribution in [2.24, 2.45) is 0 Å². The van der Waals surface area contributed by atoms with Gasteiger partial charge in [-0.15, -0.1) is 0 Å². The van der Waals surface area contributed by atoms with E-state index < -0.39 is 0 Å². The van der Waals surface area contributed by atoms with Crippen LogP contribution in [0.3, 0.4) is 0 Å². The van der Waals surface area contributed by atoms with Crippen molar-refractivity contribution in [2.45, 2.75) is 6.42 Å². The van der Waals surface area contributed by atoms with E-state index in [1.54, 1.807) is 18.2 Å². The van der Waals surface area contributed by atoms with Crippen LogP contribution in [0.1, 0.15) is 5.69 Å². The molecule has 6 nitrogen and oxygen atoms in total. The molecule has 1 aliphatic heterocycles. The molecule has 1 aromatic heterocycles. The maximum Gasteiger partial charge on any atom is 0.230 e. The fraction of sp³-hybridized carbons (Fsp3) is 0.231. The van der Waals surface area contributed by atoms with E-state index in [1.165, 1.54) is 12.7 Å². The van der Waals surface area contributed by atoms with Gasteiger partial charge in [0.05, 0.1) is 12.1 Å². The van der Waals surface area contributed by atoms with E-state index in [9.17, 15) is 4.79 Å². The molecule has 0 atom stereocenters. The molecule has 1 N–H and O–H groups in total. The van der Waals surface area contributed by atoms with Gasteiger partial charge in [0.1, 0.15) is 19.5 Å². The summed E-state index contributed by atoms with van der Waals surface area (Å²) < 4.78 is 15.7. The Morgan fingerprint density at radius 1 is 1.26 bits per heavy atom. The average Bonchev–Trinajstić information content (AvgIpc) is 2.91. The predicted molar refractivity (Wildman–Crippen MR) is 66.3 cm³/mol. The molecule has 0 spiro atoms. The fourth-order valence-electron chi connectivity index (χ4n) is 1.82. The summed E-state index contributed by atoms with van der Waals surface area (Å²) in [5.74, 6) is 1.18. The van der Waals surface area contributed by atoms with E-state index in [0.29, 0.717) is 36.1 Å². The van der Waals surface area contributed by atoms with Gasteiger partial charge in [-0.3, -0.25) is 4.79 Å². The van der Waals surface area contributed by atoms with Crippen LogP contribution < -0.4 is 14.8 Å². The molecule has 98 valence electrons. The molecule has 0 bridgehead atoms. The summed E-state index contributed by atoms with van der Waals surface area (Å²) >= 11 is 0. The van der Waals surface area contributed by atoms with Gasteiger partial charge in [-0.05, 0) is 12.1 Å². The number of nitrogens with one attached hydrogen (secondary N) is 1. The molecule has 0 saturated carbocycles. The number of amides is 1. The summed E-state index contributed by atoms with van der Waals surface area (Å²) in [4.78, 5) is 15.7. The Morgan fingerprint density at radius 2 is 2.11 bits per heavy atom. The van der Waals surface area contributed by atoms with Gasteiger partial charge in [-0.1, -0.05) is 0 Å². The molecule has 2 aromatic rings. The first-order chi connectivity index (χ1) is 9.31. The molecule has 6 heteroatoms. The topological polar surface area (TPSA) is 73.6 Å². The van der Waals surface area contributed by atoms with Gasteiger partial charge in [0, 0.05) is 11.8 Å². The highest BCUT2D eigenvalue weighted by Crippen LogP contribution is 2.32. The Kier molecular flexibility index (Phi) is 3.06. The second-order valence-electron chi connectivity index (χ2n) is 4.06. The van der Waals surface area contributed by atoms with Gasteiger partial charge in [0.15, 0.2) is 17.9 Å². The fourth-order valence-corrected chi connectivity index (χ4v) is 1.82. The molecule has 1 aromatic carbocycles. The van der Waals surface area contributed by atoms with Gasteiger partial charge in [-0.25, -0.2) is 4.98 Å². The van der Waals surface area contributed by atoms with Crippen molar-refractivity contribution in [1.29, 1.82) is 0 Å². The zero-order valence-corrected chi connectivity index (χ0v) is 10.1. The monoisotopic (exact) mass is 260 g/mol. The van der Waals surface area contributed by atoms with Crippen molar-refractivity contribution in [3.63, 3.8) is 0 Å². The minimum Gasteiger partial charge on any atom is -0.486 e. The number of nitrogens with zero attached hydrogens (tertiary/aromatic N) is 1. The minimum atomic E-state index is -0.162. The first-order valence-corrected chi connectivity index (χ1v) is 5.88. The van der Waals surface area contributed by atoms with Crippen LogP contribution in [0.25, 0.3) is 0 Å². The number of rotatable bonds is 3. The molecule has 3 rings (SSSR count). The molecule has 1 aliphatic rings. The molecular formula is C13H12N2O4. The van der Waals surface area contributed by atoms with Crippen LogP contribution in [0.5, 0.6) is 11.5 Å². The van der Waals surface area contributed by atoms with Crippen molar-refractivity contribution in [3.8, 4) is 11.5 Å². The van der Waals surface area contributed by atoms with Crippen LogP contribution in [0, 0.1) is 0 Å². The zero-order valence-electron chi connectivity index (χ0n) is 10.1. The van der Waals surface area contributed by atoms with Gasteiger partial charge in [0.25, 0.3) is 0 Å². The highest BCUT2D eigenvalue weighted by Gasteiger charge is 2.13. The Morgan fingerprint density at radius 3 is 2.89 bits per heavy atom. The summed E-state index contributed by atoms with van der Waals surface area (Å²) in [6.45, 7) is 1.06. The number of fused-ring (bicyclic) bond motifs is 1. The Labute approximate surface area is 109 Å². The first-order valence-electron chi connectivity index (χ1n) is 5.88. The first kappa shape index (κ1) is 11.6. The number of hydrogen-bond donors (Lipinski definition) is 1. The lowest BCUT2D eigenvalue weighted by Gasteiger charge is -2.18. The molecule has 1 amide bonds. The van der Waals surface area contributed by atoms with Crippen molar-refractivity contribution in [2.75, 3.05) is 18.5 Å². The normalized spacial score (nSPS) is 13.1. The van der Waals surface area contributed by atoms with E-state index in [2.05, 4.69) is 10.3 Å². The number of oxazole rings is 1. The number of carbonyl (C=O) groups excluding carboxylic acids is 1. The van der Waals surface area contributed by atoms with E-state index in [1.807, 2.05) is 0 Å².